The number of nitrogens with zero attached hydrogens (tertiary/aromatic N) is 1. The lowest BCUT2D eigenvalue weighted by atomic mass is 10.2. The zero-order valence-electron chi connectivity index (χ0n) is 11.9. The van der Waals surface area contributed by atoms with Crippen molar-refractivity contribution >= 4 is 23.3 Å². The third-order valence-corrected chi connectivity index (χ3v) is 3.79. The predicted molar refractivity (Wildman–Crippen MR) is 85.8 cm³/mol. The molecular weight excluding hydrogens is 284 g/mol. The van der Waals surface area contributed by atoms with Crippen LogP contribution in [0.2, 0.25) is 0 Å². The van der Waals surface area contributed by atoms with Gasteiger partial charge in [-0.1, -0.05) is 18.2 Å². The van der Waals surface area contributed by atoms with Crippen LogP contribution >= 0.6 is 12.2 Å². The summed E-state index contributed by atoms with van der Waals surface area (Å²) in [4.78, 5) is 3.22. The molecule has 0 radical (unpaired) electrons. The largest absolute Gasteiger partial charge is 0.497 e. The van der Waals surface area contributed by atoms with Gasteiger partial charge in [0.15, 0.2) is 4.77 Å². The number of hydrogen-bond acceptors (Lipinski definition) is 3. The number of benzene rings is 2. The molecule has 21 heavy (non-hydrogen) atoms. The maximum atomic E-state index is 5.44. The number of para-hydroxylation sites is 1. The zero-order chi connectivity index (χ0) is 14.8. The lowest BCUT2D eigenvalue weighted by Crippen LogP contribution is -2.00. The summed E-state index contributed by atoms with van der Waals surface area (Å²) in [5.74, 6) is 1.64. The lowest BCUT2D eigenvalue weighted by Gasteiger charge is -2.07. The maximum absolute atomic E-state index is 5.44. The van der Waals surface area contributed by atoms with Crippen LogP contribution in [0.25, 0.3) is 11.0 Å². The molecule has 3 aromatic rings. The van der Waals surface area contributed by atoms with Gasteiger partial charge in [0.1, 0.15) is 17.0 Å². The third-order valence-electron chi connectivity index (χ3n) is 3.47. The Hall–Kier alpha value is -2.27. The van der Waals surface area contributed by atoms with Crippen molar-refractivity contribution in [2.24, 2.45) is 0 Å². The SMILES string of the molecule is COc1cccc(Cn2c(=S)[nH]c3c(OC)cccc32)c1. The smallest absolute Gasteiger partial charge is 0.178 e. The third kappa shape index (κ3) is 2.52. The number of nitrogens with one attached hydrogen (secondary N) is 1. The molecule has 0 spiro atoms. The Balaban J connectivity index is 2.08. The Morgan fingerprint density at radius 3 is 2.67 bits per heavy atom. The fourth-order valence-electron chi connectivity index (χ4n) is 2.43. The molecule has 108 valence electrons. The van der Waals surface area contributed by atoms with Gasteiger partial charge in [0, 0.05) is 0 Å². The van der Waals surface area contributed by atoms with E-state index in [0.29, 0.717) is 11.3 Å². The van der Waals surface area contributed by atoms with Crippen LogP contribution in [0.3, 0.4) is 0 Å². The van der Waals surface area contributed by atoms with E-state index in [4.69, 9.17) is 21.7 Å². The quantitative estimate of drug-likeness (QED) is 0.746. The summed E-state index contributed by atoms with van der Waals surface area (Å²) in [5, 5.41) is 0. The van der Waals surface area contributed by atoms with Gasteiger partial charge < -0.3 is 19.0 Å². The molecule has 0 amide bonds. The van der Waals surface area contributed by atoms with E-state index >= 15 is 0 Å². The van der Waals surface area contributed by atoms with Crippen LogP contribution in [0.4, 0.5) is 0 Å². The first kappa shape index (κ1) is 13.7. The van der Waals surface area contributed by atoms with Crippen molar-refractivity contribution < 1.29 is 9.47 Å². The average molecular weight is 300 g/mol. The molecule has 0 aliphatic heterocycles. The second-order valence-electron chi connectivity index (χ2n) is 4.72. The molecule has 0 atom stereocenters. The first-order valence-electron chi connectivity index (χ1n) is 6.61. The van der Waals surface area contributed by atoms with E-state index in [-0.39, 0.29) is 0 Å². The summed E-state index contributed by atoms with van der Waals surface area (Å²) in [7, 11) is 3.33. The van der Waals surface area contributed by atoms with E-state index in [0.717, 1.165) is 28.1 Å². The molecule has 2 aromatic carbocycles. The van der Waals surface area contributed by atoms with E-state index in [1.807, 2.05) is 36.4 Å². The molecule has 0 fully saturated rings. The van der Waals surface area contributed by atoms with Gasteiger partial charge >= 0.3 is 0 Å². The molecule has 4 nitrogen and oxygen atoms in total. The highest BCUT2D eigenvalue weighted by atomic mass is 32.1. The van der Waals surface area contributed by atoms with Crippen molar-refractivity contribution in [2.45, 2.75) is 6.54 Å². The Kier molecular flexibility index (Phi) is 3.66. The highest BCUT2D eigenvalue weighted by Crippen LogP contribution is 2.25. The normalized spacial score (nSPS) is 10.8. The molecule has 0 saturated carbocycles. The molecular formula is C16H16N2O2S. The summed E-state index contributed by atoms with van der Waals surface area (Å²) in [6.45, 7) is 0.684. The maximum Gasteiger partial charge on any atom is 0.178 e. The van der Waals surface area contributed by atoms with E-state index in [9.17, 15) is 0 Å². The first-order valence-corrected chi connectivity index (χ1v) is 7.02. The zero-order valence-corrected chi connectivity index (χ0v) is 12.7. The van der Waals surface area contributed by atoms with Crippen molar-refractivity contribution in [3.8, 4) is 11.5 Å². The summed E-state index contributed by atoms with van der Waals surface area (Å²) in [5.41, 5.74) is 3.09. The fourth-order valence-corrected chi connectivity index (χ4v) is 2.70. The van der Waals surface area contributed by atoms with Gasteiger partial charge in [-0.25, -0.2) is 0 Å². The monoisotopic (exact) mass is 300 g/mol. The van der Waals surface area contributed by atoms with Gasteiger partial charge in [0.05, 0.1) is 26.3 Å². The van der Waals surface area contributed by atoms with Gasteiger partial charge in [0.2, 0.25) is 0 Å². The van der Waals surface area contributed by atoms with Crippen LogP contribution < -0.4 is 9.47 Å². The minimum Gasteiger partial charge on any atom is -0.497 e. The van der Waals surface area contributed by atoms with Crippen LogP contribution in [-0.4, -0.2) is 23.8 Å². The topological polar surface area (TPSA) is 39.2 Å². The van der Waals surface area contributed by atoms with Gasteiger partial charge in [-0.15, -0.1) is 0 Å². The molecule has 5 heteroatoms. The molecule has 1 N–H and O–H groups in total. The number of rotatable bonds is 4. The fraction of sp³-hybridized carbons (Fsp3) is 0.188. The van der Waals surface area contributed by atoms with Gasteiger partial charge in [-0.05, 0) is 42.0 Å². The lowest BCUT2D eigenvalue weighted by molar-refractivity contribution is 0.414. The Labute approximate surface area is 127 Å². The van der Waals surface area contributed by atoms with Crippen LogP contribution in [0.5, 0.6) is 11.5 Å². The Bertz CT molecular complexity index is 836. The van der Waals surface area contributed by atoms with Crippen molar-refractivity contribution in [1.29, 1.82) is 0 Å². The number of aromatic amines is 1. The molecule has 0 unspecified atom stereocenters. The van der Waals surface area contributed by atoms with E-state index in [1.165, 1.54) is 0 Å². The number of fused-ring (bicyclic) bond motifs is 1. The molecule has 3 rings (SSSR count). The second kappa shape index (κ2) is 5.61. The van der Waals surface area contributed by atoms with Gasteiger partial charge in [0.25, 0.3) is 0 Å². The predicted octanol–water partition coefficient (Wildman–Crippen LogP) is 3.76. The van der Waals surface area contributed by atoms with Crippen molar-refractivity contribution in [3.63, 3.8) is 0 Å². The number of hydrogen-bond donors (Lipinski definition) is 1. The average Bonchev–Trinajstić information content (AvgIpc) is 2.83. The van der Waals surface area contributed by atoms with Crippen molar-refractivity contribution in [2.75, 3.05) is 14.2 Å². The number of H-pyrrole nitrogens is 1. The molecule has 0 aliphatic rings. The Morgan fingerprint density at radius 1 is 1.10 bits per heavy atom. The highest BCUT2D eigenvalue weighted by Gasteiger charge is 2.09. The molecule has 0 bridgehead atoms. The number of imidazole rings is 1. The second-order valence-corrected chi connectivity index (χ2v) is 5.11. The molecule has 1 heterocycles. The van der Waals surface area contributed by atoms with E-state index in [2.05, 4.69) is 15.6 Å². The van der Waals surface area contributed by atoms with E-state index in [1.54, 1.807) is 14.2 Å². The number of ether oxygens (including phenoxy) is 2. The van der Waals surface area contributed by atoms with Crippen LogP contribution in [0.15, 0.2) is 42.5 Å². The van der Waals surface area contributed by atoms with Crippen LogP contribution in [-0.2, 0) is 6.54 Å². The summed E-state index contributed by atoms with van der Waals surface area (Å²) in [6, 6.07) is 13.9. The van der Waals surface area contributed by atoms with Crippen molar-refractivity contribution in [3.05, 3.63) is 52.8 Å². The number of methoxy groups -OCH3 is 2. The minimum absolute atomic E-state index is 0.678. The Morgan fingerprint density at radius 2 is 1.90 bits per heavy atom. The van der Waals surface area contributed by atoms with Crippen molar-refractivity contribution in [1.82, 2.24) is 9.55 Å². The van der Waals surface area contributed by atoms with Crippen LogP contribution in [0.1, 0.15) is 5.56 Å². The molecule has 0 saturated heterocycles. The van der Waals surface area contributed by atoms with E-state index < -0.39 is 0 Å². The highest BCUT2D eigenvalue weighted by molar-refractivity contribution is 7.71. The number of aromatic nitrogens is 2. The molecule has 0 aliphatic carbocycles. The van der Waals surface area contributed by atoms with Crippen LogP contribution in [0, 0.1) is 4.77 Å². The summed E-state index contributed by atoms with van der Waals surface area (Å²) in [6.07, 6.45) is 0. The summed E-state index contributed by atoms with van der Waals surface area (Å²) >= 11 is 5.44. The van der Waals surface area contributed by atoms with Gasteiger partial charge in [-0.3, -0.25) is 0 Å². The first-order chi connectivity index (χ1) is 10.2. The summed E-state index contributed by atoms with van der Waals surface area (Å²) < 4.78 is 13.4. The van der Waals surface area contributed by atoms with Gasteiger partial charge in [-0.2, -0.15) is 0 Å². The minimum atomic E-state index is 0.678. The molecule has 1 aromatic heterocycles. The standard InChI is InChI=1S/C16H16N2O2S/c1-19-12-6-3-5-11(9-12)10-18-13-7-4-8-14(20-2)15(13)17-16(18)21/h3-9H,10H2,1-2H3,(H,17,21).